The zero-order valence-electron chi connectivity index (χ0n) is 20.0. The first-order valence-electron chi connectivity index (χ1n) is 11.2. The number of nitrogens with one attached hydrogen (secondary N) is 2. The summed E-state index contributed by atoms with van der Waals surface area (Å²) in [5.41, 5.74) is 13.0. The number of nitrogens with two attached hydrogens (primary N) is 2. The number of aromatic nitrogens is 2. The van der Waals surface area contributed by atoms with Crippen LogP contribution in [0, 0.1) is 5.82 Å². The highest BCUT2D eigenvalue weighted by Crippen LogP contribution is 2.61. The predicted molar refractivity (Wildman–Crippen MR) is 134 cm³/mol. The van der Waals surface area contributed by atoms with Crippen molar-refractivity contribution in [1.29, 1.82) is 0 Å². The van der Waals surface area contributed by atoms with Crippen LogP contribution in [-0.4, -0.2) is 50.0 Å². The van der Waals surface area contributed by atoms with E-state index in [1.165, 1.54) is 24.3 Å². The molecular weight excluding hydrogens is 495 g/mol. The fourth-order valence-electron chi connectivity index (χ4n) is 4.52. The standard InChI is InChI=1S/C23H28F3N7O2S/c1-21(2)19(28)33-22(3,23(9-4-10-27)30-12-36(21)23)17-14(24)6-8-16(31-17)32-18(34)15-7-5-13(11-29-15)35-20(25)26/h5-8,11-12,20,30H,4,9-10,27H2,1-3H3,(H2,28,33)(H,31,32,34)/t22-,23-,36?/m1/s1. The summed E-state index contributed by atoms with van der Waals surface area (Å²) in [7, 11) is -0.404. The van der Waals surface area contributed by atoms with Crippen molar-refractivity contribution >= 4 is 33.5 Å². The average Bonchev–Trinajstić information content (AvgIpc) is 2.79. The number of rotatable bonds is 8. The molecule has 1 unspecified atom stereocenters. The third kappa shape index (κ3) is 4.24. The van der Waals surface area contributed by atoms with E-state index in [-0.39, 0.29) is 23.0 Å². The maximum absolute atomic E-state index is 15.3. The first-order chi connectivity index (χ1) is 16.9. The fourth-order valence-corrected chi connectivity index (χ4v) is 7.41. The molecule has 0 saturated heterocycles. The molecule has 2 aromatic rings. The summed E-state index contributed by atoms with van der Waals surface area (Å²) < 4.78 is 43.8. The monoisotopic (exact) mass is 523 g/mol. The summed E-state index contributed by atoms with van der Waals surface area (Å²) in [5.74, 6) is -0.976. The molecule has 0 saturated carbocycles. The summed E-state index contributed by atoms with van der Waals surface area (Å²) in [6.45, 7) is 3.25. The highest BCUT2D eigenvalue weighted by Gasteiger charge is 2.63. The second-order valence-electron chi connectivity index (χ2n) is 9.14. The van der Waals surface area contributed by atoms with Crippen LogP contribution in [0.3, 0.4) is 0 Å². The summed E-state index contributed by atoms with van der Waals surface area (Å²) >= 11 is 0. The Morgan fingerprint density at radius 1 is 1.25 bits per heavy atom. The van der Waals surface area contributed by atoms with Gasteiger partial charge in [0.1, 0.15) is 40.1 Å². The maximum Gasteiger partial charge on any atom is 0.387 e. The zero-order chi connectivity index (χ0) is 26.3. The summed E-state index contributed by atoms with van der Waals surface area (Å²) in [4.78, 5) is 25.1. The van der Waals surface area contributed by atoms with E-state index in [9.17, 15) is 13.6 Å². The summed E-state index contributed by atoms with van der Waals surface area (Å²) in [6.07, 6.45) is 2.31. The summed E-state index contributed by atoms with van der Waals surface area (Å²) in [5, 5.41) is 5.97. The molecule has 2 aliphatic heterocycles. The number of nitrogens with zero attached hydrogens (tertiary/aromatic N) is 3. The SMILES string of the molecule is CC1(C)C(N)=N[C@](C)(c2nc(NC(=O)c3ccc(OC(F)F)cn3)ccc2F)[C@]2(CCCN)NC=S12. The minimum absolute atomic E-state index is 0.0301. The van der Waals surface area contributed by atoms with Crippen LogP contribution in [0.25, 0.3) is 0 Å². The van der Waals surface area contributed by atoms with E-state index in [0.29, 0.717) is 25.2 Å². The smallest absolute Gasteiger partial charge is 0.387 e. The minimum Gasteiger partial charge on any atom is -0.433 e. The van der Waals surface area contributed by atoms with Gasteiger partial charge in [-0.2, -0.15) is 8.78 Å². The molecule has 6 N–H and O–H groups in total. The molecule has 194 valence electrons. The molecule has 2 aliphatic rings. The normalized spacial score (nSPS) is 26.3. The number of hydrogen-bond donors (Lipinski definition) is 4. The van der Waals surface area contributed by atoms with Gasteiger partial charge >= 0.3 is 6.61 Å². The first kappa shape index (κ1) is 26.0. The highest BCUT2D eigenvalue weighted by molar-refractivity contribution is 8.19. The van der Waals surface area contributed by atoms with Gasteiger partial charge in [0.05, 0.1) is 15.8 Å². The number of aliphatic imine (C=N–C) groups is 1. The van der Waals surface area contributed by atoms with Crippen molar-refractivity contribution < 1.29 is 22.7 Å². The van der Waals surface area contributed by atoms with Gasteiger partial charge in [0.2, 0.25) is 0 Å². The van der Waals surface area contributed by atoms with E-state index < -0.39 is 44.0 Å². The van der Waals surface area contributed by atoms with Gasteiger partial charge in [-0.25, -0.2) is 14.4 Å². The molecule has 3 atom stereocenters. The van der Waals surface area contributed by atoms with Gasteiger partial charge in [-0.3, -0.25) is 15.1 Å². The number of ether oxygens (including phenoxy) is 1. The van der Waals surface area contributed by atoms with Gasteiger partial charge in [-0.15, -0.1) is 10.5 Å². The Kier molecular flexibility index (Phi) is 6.84. The van der Waals surface area contributed by atoms with Crippen LogP contribution in [0.2, 0.25) is 0 Å². The van der Waals surface area contributed by atoms with E-state index in [1.807, 2.05) is 19.3 Å². The van der Waals surface area contributed by atoms with Crippen molar-refractivity contribution in [1.82, 2.24) is 15.3 Å². The molecule has 0 radical (unpaired) electrons. The average molecular weight is 524 g/mol. The predicted octanol–water partition coefficient (Wildman–Crippen LogP) is 2.90. The molecule has 9 nitrogen and oxygen atoms in total. The van der Waals surface area contributed by atoms with Crippen LogP contribution in [0.5, 0.6) is 5.75 Å². The quantitative estimate of drug-likeness (QED) is 0.390. The number of alkyl halides is 2. The molecule has 0 fully saturated rings. The second kappa shape index (κ2) is 9.45. The lowest BCUT2D eigenvalue weighted by Crippen LogP contribution is -2.70. The van der Waals surface area contributed by atoms with Crippen LogP contribution in [0.1, 0.15) is 49.8 Å². The fraction of sp³-hybridized carbons (Fsp3) is 0.435. The Morgan fingerprint density at radius 2 is 2.00 bits per heavy atom. The number of amides is 1. The molecule has 4 heterocycles. The van der Waals surface area contributed by atoms with Crippen molar-refractivity contribution in [3.8, 4) is 5.75 Å². The minimum atomic E-state index is -3.01. The van der Waals surface area contributed by atoms with Gasteiger partial charge < -0.3 is 21.5 Å². The molecule has 2 aromatic heterocycles. The molecule has 0 aromatic carbocycles. The number of amidine groups is 1. The summed E-state index contributed by atoms with van der Waals surface area (Å²) in [6, 6.07) is 4.95. The number of halogens is 3. The highest BCUT2D eigenvalue weighted by atomic mass is 32.2. The van der Waals surface area contributed by atoms with E-state index in [0.717, 1.165) is 6.20 Å². The van der Waals surface area contributed by atoms with Gasteiger partial charge in [-0.05, 0) is 64.4 Å². The van der Waals surface area contributed by atoms with Gasteiger partial charge in [0.15, 0.2) is 0 Å². The van der Waals surface area contributed by atoms with E-state index in [2.05, 4.69) is 25.3 Å². The van der Waals surface area contributed by atoms with Gasteiger partial charge in [0.25, 0.3) is 5.91 Å². The van der Waals surface area contributed by atoms with Gasteiger partial charge in [-0.1, -0.05) is 0 Å². The molecule has 0 spiro atoms. The molecule has 0 bridgehead atoms. The van der Waals surface area contributed by atoms with Crippen LogP contribution >= 0.6 is 10.5 Å². The Balaban J connectivity index is 1.68. The molecular formula is C23H28F3N7O2S. The number of hydrogen-bond acceptors (Lipinski definition) is 8. The topological polar surface area (TPSA) is 141 Å². The molecule has 1 amide bonds. The zero-order valence-corrected chi connectivity index (χ0v) is 20.8. The van der Waals surface area contributed by atoms with Crippen molar-refractivity contribution in [2.24, 2.45) is 16.5 Å². The van der Waals surface area contributed by atoms with Crippen molar-refractivity contribution in [3.05, 3.63) is 47.7 Å². The van der Waals surface area contributed by atoms with Crippen molar-refractivity contribution in [2.75, 3.05) is 11.9 Å². The number of carbonyl (C=O) groups is 1. The lowest BCUT2D eigenvalue weighted by atomic mass is 9.83. The lowest BCUT2D eigenvalue weighted by Gasteiger charge is -2.60. The third-order valence-electron chi connectivity index (χ3n) is 6.56. The number of fused-ring (bicyclic) bond motifs is 1. The van der Waals surface area contributed by atoms with Crippen molar-refractivity contribution in [2.45, 2.75) is 55.4 Å². The largest absolute Gasteiger partial charge is 0.433 e. The Hall–Kier alpha value is -3.03. The van der Waals surface area contributed by atoms with Crippen LogP contribution in [-0.2, 0) is 5.54 Å². The van der Waals surface area contributed by atoms with E-state index >= 15 is 4.39 Å². The molecule has 36 heavy (non-hydrogen) atoms. The Bertz CT molecular complexity index is 1240. The van der Waals surface area contributed by atoms with E-state index in [1.54, 1.807) is 6.92 Å². The van der Waals surface area contributed by atoms with E-state index in [4.69, 9.17) is 16.5 Å². The second-order valence-corrected chi connectivity index (χ2v) is 11.8. The Labute approximate surface area is 208 Å². The first-order valence-corrected chi connectivity index (χ1v) is 12.5. The number of carbonyl (C=O) groups excluding carboxylic acids is 1. The maximum atomic E-state index is 15.3. The van der Waals surface area contributed by atoms with Crippen LogP contribution in [0.4, 0.5) is 19.0 Å². The number of pyridine rings is 2. The van der Waals surface area contributed by atoms with Crippen molar-refractivity contribution in [3.63, 3.8) is 0 Å². The Morgan fingerprint density at radius 3 is 2.58 bits per heavy atom. The molecule has 0 aliphatic carbocycles. The molecule has 4 rings (SSSR count). The van der Waals surface area contributed by atoms with Crippen LogP contribution in [0.15, 0.2) is 35.5 Å². The lowest BCUT2D eigenvalue weighted by molar-refractivity contribution is -0.0500. The molecule has 13 heteroatoms. The van der Waals surface area contributed by atoms with Crippen LogP contribution < -0.4 is 26.8 Å². The number of anilines is 1. The van der Waals surface area contributed by atoms with Gasteiger partial charge in [0, 0.05) is 5.49 Å². The third-order valence-corrected chi connectivity index (χ3v) is 9.69.